The highest BCUT2D eigenvalue weighted by molar-refractivity contribution is 6.35. The number of hydrogen-bond donors (Lipinski definition) is 1. The van der Waals surface area contributed by atoms with Crippen molar-refractivity contribution in [1.29, 1.82) is 0 Å². The number of benzene rings is 2. The van der Waals surface area contributed by atoms with Gasteiger partial charge in [-0.15, -0.1) is 0 Å². The second kappa shape index (κ2) is 12.3. The number of piperazine rings is 1. The number of nitrogens with zero attached hydrogens (tertiary/aromatic N) is 2. The van der Waals surface area contributed by atoms with Gasteiger partial charge in [-0.1, -0.05) is 29.3 Å². The zero-order valence-electron chi connectivity index (χ0n) is 19.8. The molecule has 0 saturated carbocycles. The van der Waals surface area contributed by atoms with Crippen LogP contribution in [-0.4, -0.2) is 57.2 Å². The van der Waals surface area contributed by atoms with Crippen molar-refractivity contribution in [2.45, 2.75) is 32.0 Å². The lowest BCUT2D eigenvalue weighted by Gasteiger charge is -2.38. The number of methoxy groups -OCH3 is 1. The number of ether oxygens (including phenoxy) is 1. The van der Waals surface area contributed by atoms with E-state index in [0.29, 0.717) is 67.8 Å². The predicted molar refractivity (Wildman–Crippen MR) is 133 cm³/mol. The number of rotatable bonds is 9. The Hall–Kier alpha value is -2.00. The highest BCUT2D eigenvalue weighted by atomic mass is 35.5. The number of amides is 1. The quantitative estimate of drug-likeness (QED) is 0.428. The van der Waals surface area contributed by atoms with Crippen molar-refractivity contribution in [1.82, 2.24) is 10.2 Å². The summed E-state index contributed by atoms with van der Waals surface area (Å²) in [6.45, 7) is 4.90. The lowest BCUT2D eigenvalue weighted by Crippen LogP contribution is -2.49. The van der Waals surface area contributed by atoms with E-state index in [9.17, 15) is 18.0 Å². The van der Waals surface area contributed by atoms with Gasteiger partial charge < -0.3 is 19.9 Å². The Morgan fingerprint density at radius 2 is 1.83 bits per heavy atom. The fraction of sp³-hybridized carbons (Fsp3) is 0.480. The third-order valence-electron chi connectivity index (χ3n) is 6.17. The third kappa shape index (κ3) is 7.49. The second-order valence-corrected chi connectivity index (χ2v) is 9.39. The molecule has 2 aromatic rings. The minimum absolute atomic E-state index is 0.0258. The van der Waals surface area contributed by atoms with E-state index in [0.717, 1.165) is 17.3 Å². The van der Waals surface area contributed by atoms with Crippen LogP contribution in [0.25, 0.3) is 0 Å². The summed E-state index contributed by atoms with van der Waals surface area (Å²) < 4.78 is 45.2. The summed E-state index contributed by atoms with van der Waals surface area (Å²) in [6, 6.07) is 8.80. The minimum Gasteiger partial charge on any atom is -0.383 e. The molecule has 5 nitrogen and oxygen atoms in total. The number of halogens is 5. The number of carbonyl (C=O) groups is 1. The van der Waals surface area contributed by atoms with Gasteiger partial charge in [0.1, 0.15) is 0 Å². The molecule has 1 aliphatic heterocycles. The summed E-state index contributed by atoms with van der Waals surface area (Å²) in [5, 5.41) is 4.31. The van der Waals surface area contributed by atoms with E-state index in [1.807, 2.05) is 17.9 Å². The van der Waals surface area contributed by atoms with Crippen molar-refractivity contribution in [2.24, 2.45) is 0 Å². The van der Waals surface area contributed by atoms with Crippen molar-refractivity contribution >= 4 is 34.8 Å². The average Bonchev–Trinajstić information content (AvgIpc) is 2.82. The lowest BCUT2D eigenvalue weighted by molar-refractivity contribution is -0.137. The maximum absolute atomic E-state index is 13.4. The molecule has 0 spiro atoms. The smallest absolute Gasteiger partial charge is 0.383 e. The fourth-order valence-electron chi connectivity index (χ4n) is 4.17. The molecule has 1 unspecified atom stereocenters. The highest BCUT2D eigenvalue weighted by Gasteiger charge is 2.32. The number of carbonyl (C=O) groups excluding carboxylic acids is 1. The van der Waals surface area contributed by atoms with Crippen LogP contribution >= 0.6 is 23.2 Å². The predicted octanol–water partition coefficient (Wildman–Crippen LogP) is 5.59. The van der Waals surface area contributed by atoms with E-state index in [1.54, 1.807) is 24.1 Å². The molecule has 3 rings (SSSR count). The van der Waals surface area contributed by atoms with Crippen LogP contribution in [-0.2, 0) is 22.1 Å². The van der Waals surface area contributed by atoms with E-state index in [4.69, 9.17) is 27.9 Å². The molecule has 2 aromatic carbocycles. The molecule has 1 amide bonds. The Kier molecular flexibility index (Phi) is 9.69. The van der Waals surface area contributed by atoms with Gasteiger partial charge in [-0.2, -0.15) is 13.2 Å². The molecular weight excluding hydrogens is 502 g/mol. The van der Waals surface area contributed by atoms with Crippen LogP contribution in [0.4, 0.5) is 18.9 Å². The van der Waals surface area contributed by atoms with E-state index >= 15 is 0 Å². The van der Waals surface area contributed by atoms with Crippen molar-refractivity contribution < 1.29 is 22.7 Å². The van der Waals surface area contributed by atoms with Crippen LogP contribution < -0.4 is 10.2 Å². The first kappa shape index (κ1) is 27.6. The SMILES string of the molecule is COCCNC(C)c1cc(C(F)(F)F)ccc1N1CCN(C(=O)CCc2ccc(Cl)cc2Cl)CC1. The molecule has 192 valence electrons. The zero-order valence-corrected chi connectivity index (χ0v) is 21.3. The van der Waals surface area contributed by atoms with Crippen LogP contribution in [0.15, 0.2) is 36.4 Å². The molecule has 1 N–H and O–H groups in total. The maximum atomic E-state index is 13.4. The van der Waals surface area contributed by atoms with Gasteiger partial charge >= 0.3 is 6.18 Å². The van der Waals surface area contributed by atoms with Gasteiger partial charge in [0.2, 0.25) is 5.91 Å². The number of nitrogens with one attached hydrogen (secondary N) is 1. The molecule has 1 saturated heterocycles. The van der Waals surface area contributed by atoms with Gasteiger partial charge in [-0.3, -0.25) is 4.79 Å². The van der Waals surface area contributed by atoms with Gasteiger partial charge in [0.15, 0.2) is 0 Å². The van der Waals surface area contributed by atoms with Crippen LogP contribution in [0.5, 0.6) is 0 Å². The summed E-state index contributed by atoms with van der Waals surface area (Å²) >= 11 is 12.1. The molecule has 35 heavy (non-hydrogen) atoms. The third-order valence-corrected chi connectivity index (χ3v) is 6.76. The summed E-state index contributed by atoms with van der Waals surface area (Å²) in [5.74, 6) is 0.0258. The molecule has 1 fully saturated rings. The second-order valence-electron chi connectivity index (χ2n) is 8.54. The summed E-state index contributed by atoms with van der Waals surface area (Å²) in [5.41, 5.74) is 1.52. The number of alkyl halides is 3. The van der Waals surface area contributed by atoms with Crippen molar-refractivity contribution in [3.05, 3.63) is 63.1 Å². The first-order chi connectivity index (χ1) is 16.6. The topological polar surface area (TPSA) is 44.8 Å². The Morgan fingerprint density at radius 1 is 1.11 bits per heavy atom. The van der Waals surface area contributed by atoms with Gasteiger partial charge in [0, 0.05) is 68.0 Å². The molecule has 0 aromatic heterocycles. The van der Waals surface area contributed by atoms with Crippen LogP contribution in [0, 0.1) is 0 Å². The van der Waals surface area contributed by atoms with Crippen LogP contribution in [0.3, 0.4) is 0 Å². The van der Waals surface area contributed by atoms with E-state index in [1.165, 1.54) is 12.1 Å². The molecule has 0 aliphatic carbocycles. The standard InChI is InChI=1S/C25H30Cl2F3N3O2/c1-17(31-9-14-35-2)21-15-19(25(28,29)30)5-7-23(21)32-10-12-33(13-11-32)24(34)8-4-18-3-6-20(26)16-22(18)27/h3,5-7,15-17,31H,4,8-14H2,1-2H3. The molecule has 10 heteroatoms. The Bertz CT molecular complexity index is 1010. The first-order valence-corrected chi connectivity index (χ1v) is 12.3. The zero-order chi connectivity index (χ0) is 25.6. The van der Waals surface area contributed by atoms with Crippen molar-refractivity contribution in [2.75, 3.05) is 51.3 Å². The van der Waals surface area contributed by atoms with Gasteiger partial charge in [-0.25, -0.2) is 0 Å². The summed E-state index contributed by atoms with van der Waals surface area (Å²) in [7, 11) is 1.58. The van der Waals surface area contributed by atoms with E-state index in [2.05, 4.69) is 5.32 Å². The van der Waals surface area contributed by atoms with Crippen molar-refractivity contribution in [3.8, 4) is 0 Å². The van der Waals surface area contributed by atoms with Gasteiger partial charge in [-0.05, 0) is 54.8 Å². The molecule has 1 heterocycles. The lowest BCUT2D eigenvalue weighted by atomic mass is 10.0. The van der Waals surface area contributed by atoms with E-state index in [-0.39, 0.29) is 11.9 Å². The highest BCUT2D eigenvalue weighted by Crippen LogP contribution is 2.35. The Morgan fingerprint density at radius 3 is 2.46 bits per heavy atom. The first-order valence-electron chi connectivity index (χ1n) is 11.5. The molecule has 0 bridgehead atoms. The average molecular weight is 532 g/mol. The normalized spacial score (nSPS) is 15.4. The van der Waals surface area contributed by atoms with Crippen LogP contribution in [0.1, 0.15) is 36.1 Å². The molecule has 1 atom stereocenters. The fourth-order valence-corrected chi connectivity index (χ4v) is 4.68. The largest absolute Gasteiger partial charge is 0.416 e. The molecule has 1 aliphatic rings. The number of anilines is 1. The monoisotopic (exact) mass is 531 g/mol. The Labute approximate surface area is 214 Å². The molecule has 0 radical (unpaired) electrons. The van der Waals surface area contributed by atoms with Gasteiger partial charge in [0.25, 0.3) is 0 Å². The molecular formula is C25H30Cl2F3N3O2. The summed E-state index contributed by atoms with van der Waals surface area (Å²) in [4.78, 5) is 16.6. The van der Waals surface area contributed by atoms with E-state index < -0.39 is 11.7 Å². The number of aryl methyl sites for hydroxylation is 1. The Balaban J connectivity index is 1.65. The van der Waals surface area contributed by atoms with Crippen LogP contribution in [0.2, 0.25) is 10.0 Å². The summed E-state index contributed by atoms with van der Waals surface area (Å²) in [6.07, 6.45) is -3.58. The maximum Gasteiger partial charge on any atom is 0.416 e. The minimum atomic E-state index is -4.42. The van der Waals surface area contributed by atoms with Crippen molar-refractivity contribution in [3.63, 3.8) is 0 Å². The number of hydrogen-bond acceptors (Lipinski definition) is 4. The van der Waals surface area contributed by atoms with Gasteiger partial charge in [0.05, 0.1) is 12.2 Å².